The summed E-state index contributed by atoms with van der Waals surface area (Å²) in [5.41, 5.74) is 0. The van der Waals surface area contributed by atoms with Gasteiger partial charge in [-0.15, -0.1) is 0 Å². The topological polar surface area (TPSA) is 95.9 Å². The van der Waals surface area contributed by atoms with Gasteiger partial charge in [0.2, 0.25) is 5.91 Å². The molecule has 0 aromatic rings. The van der Waals surface area contributed by atoms with Crippen molar-refractivity contribution in [2.75, 3.05) is 6.61 Å². The lowest BCUT2D eigenvalue weighted by molar-refractivity contribution is -0.151. The van der Waals surface area contributed by atoms with Crippen LogP contribution in [0.15, 0.2) is 48.6 Å². The number of aliphatic hydroxyl groups is 2. The Morgan fingerprint density at radius 2 is 1.00 bits per heavy atom. The fourth-order valence-corrected chi connectivity index (χ4v) is 6.89. The molecular formula is C49H89NO5. The normalized spacial score (nSPS) is 13.8. The van der Waals surface area contributed by atoms with Crippen molar-refractivity contribution in [2.24, 2.45) is 0 Å². The Hall–Kier alpha value is -2.18. The molecule has 6 heteroatoms. The molecular weight excluding hydrogens is 683 g/mol. The Bertz CT molecular complexity index is 957. The molecule has 0 radical (unpaired) electrons. The van der Waals surface area contributed by atoms with Gasteiger partial charge >= 0.3 is 5.97 Å². The van der Waals surface area contributed by atoms with Gasteiger partial charge in [-0.3, -0.25) is 9.59 Å². The van der Waals surface area contributed by atoms with Crippen LogP contribution in [0.4, 0.5) is 0 Å². The van der Waals surface area contributed by atoms with Crippen LogP contribution in [0.25, 0.3) is 0 Å². The van der Waals surface area contributed by atoms with E-state index in [0.717, 1.165) is 89.9 Å². The van der Waals surface area contributed by atoms with E-state index in [1.807, 2.05) is 0 Å². The molecule has 3 unspecified atom stereocenters. The van der Waals surface area contributed by atoms with E-state index >= 15 is 0 Å². The van der Waals surface area contributed by atoms with Crippen LogP contribution in [-0.4, -0.2) is 46.9 Å². The zero-order chi connectivity index (χ0) is 40.3. The van der Waals surface area contributed by atoms with Crippen molar-refractivity contribution in [3.05, 3.63) is 48.6 Å². The standard InChI is InChI=1S/C49H89NO5/c1-4-7-10-13-16-19-22-24-26-28-31-34-37-40-45(55-49(54)42-39-36-33-30-27-23-20-17-14-11-8-5-2)43-48(53)50-46(44-51)47(52)41-38-35-32-29-25-21-18-15-12-9-6-3/h7,10,13,16-17,19-20,22,45-47,51-52H,4-6,8-9,11-12,14-15,18,21,23-44H2,1-3H3,(H,50,53)/b10-7+,16-13+,20-17-,22-19+. The first kappa shape index (κ1) is 52.8. The van der Waals surface area contributed by atoms with Crippen molar-refractivity contribution in [3.63, 3.8) is 0 Å². The third-order valence-corrected chi connectivity index (χ3v) is 10.5. The van der Waals surface area contributed by atoms with Crippen molar-refractivity contribution in [3.8, 4) is 0 Å². The second kappa shape index (κ2) is 43.0. The fourth-order valence-electron chi connectivity index (χ4n) is 6.89. The van der Waals surface area contributed by atoms with Crippen LogP contribution >= 0.6 is 0 Å². The molecule has 320 valence electrons. The number of aliphatic hydroxyl groups excluding tert-OH is 2. The van der Waals surface area contributed by atoms with E-state index in [1.165, 1.54) is 89.9 Å². The van der Waals surface area contributed by atoms with E-state index < -0.39 is 18.2 Å². The SMILES string of the molecule is CC/C=C/C=C/C=C/CCCCCCCC(CC(=O)NC(CO)C(O)CCCCCCCCCCCCC)OC(=O)CCCCCCC/C=C\CCCCC. The maximum absolute atomic E-state index is 13.1. The largest absolute Gasteiger partial charge is 0.462 e. The highest BCUT2D eigenvalue weighted by Crippen LogP contribution is 2.17. The lowest BCUT2D eigenvalue weighted by Gasteiger charge is -2.24. The van der Waals surface area contributed by atoms with E-state index in [0.29, 0.717) is 19.3 Å². The molecule has 3 N–H and O–H groups in total. The van der Waals surface area contributed by atoms with Crippen LogP contribution in [0.2, 0.25) is 0 Å². The Morgan fingerprint density at radius 3 is 1.56 bits per heavy atom. The van der Waals surface area contributed by atoms with Gasteiger partial charge in [-0.1, -0.05) is 191 Å². The predicted molar refractivity (Wildman–Crippen MR) is 236 cm³/mol. The molecule has 0 rings (SSSR count). The predicted octanol–water partition coefficient (Wildman–Crippen LogP) is 13.5. The van der Waals surface area contributed by atoms with E-state index in [1.54, 1.807) is 0 Å². The van der Waals surface area contributed by atoms with E-state index in [4.69, 9.17) is 4.74 Å². The van der Waals surface area contributed by atoms with Gasteiger partial charge in [0.05, 0.1) is 25.2 Å². The molecule has 3 atom stereocenters. The zero-order valence-corrected chi connectivity index (χ0v) is 36.3. The summed E-state index contributed by atoms with van der Waals surface area (Å²) in [6.45, 7) is 6.30. The maximum atomic E-state index is 13.1. The molecule has 1 amide bonds. The lowest BCUT2D eigenvalue weighted by atomic mass is 10.0. The number of esters is 1. The molecule has 0 aliphatic rings. The summed E-state index contributed by atoms with van der Waals surface area (Å²) in [5, 5.41) is 23.6. The molecule has 0 heterocycles. The van der Waals surface area contributed by atoms with Gasteiger partial charge in [-0.2, -0.15) is 0 Å². The van der Waals surface area contributed by atoms with Gasteiger partial charge in [0.25, 0.3) is 0 Å². The summed E-state index contributed by atoms with van der Waals surface area (Å²) in [5.74, 6) is -0.505. The molecule has 0 saturated carbocycles. The van der Waals surface area contributed by atoms with Gasteiger partial charge in [0.1, 0.15) is 6.10 Å². The second-order valence-electron chi connectivity index (χ2n) is 15.8. The third kappa shape index (κ3) is 38.5. The summed E-state index contributed by atoms with van der Waals surface area (Å²) < 4.78 is 5.89. The van der Waals surface area contributed by atoms with Crippen LogP contribution < -0.4 is 5.32 Å². The molecule has 0 saturated heterocycles. The number of allylic oxidation sites excluding steroid dienone is 8. The van der Waals surface area contributed by atoms with Crippen LogP contribution in [0.5, 0.6) is 0 Å². The molecule has 55 heavy (non-hydrogen) atoms. The number of hydrogen-bond donors (Lipinski definition) is 3. The van der Waals surface area contributed by atoms with Gasteiger partial charge in [-0.25, -0.2) is 0 Å². The van der Waals surface area contributed by atoms with Crippen LogP contribution in [-0.2, 0) is 14.3 Å². The molecule has 0 spiro atoms. The first-order valence-electron chi connectivity index (χ1n) is 23.4. The number of rotatable bonds is 41. The number of ether oxygens (including phenoxy) is 1. The third-order valence-electron chi connectivity index (χ3n) is 10.5. The molecule has 0 aromatic carbocycles. The summed E-state index contributed by atoms with van der Waals surface area (Å²) in [6, 6.07) is -0.708. The smallest absolute Gasteiger partial charge is 0.306 e. The molecule has 0 aliphatic carbocycles. The fraction of sp³-hybridized carbons (Fsp3) is 0.796. The van der Waals surface area contributed by atoms with E-state index in [2.05, 4.69) is 74.7 Å². The van der Waals surface area contributed by atoms with Crippen molar-refractivity contribution in [1.29, 1.82) is 0 Å². The van der Waals surface area contributed by atoms with Crippen LogP contribution in [0.1, 0.15) is 226 Å². The Morgan fingerprint density at radius 1 is 0.545 bits per heavy atom. The average molecular weight is 772 g/mol. The number of hydrogen-bond acceptors (Lipinski definition) is 5. The quantitative estimate of drug-likeness (QED) is 0.0249. The maximum Gasteiger partial charge on any atom is 0.306 e. The van der Waals surface area contributed by atoms with Gasteiger partial charge in [0.15, 0.2) is 0 Å². The highest BCUT2D eigenvalue weighted by molar-refractivity contribution is 5.77. The summed E-state index contributed by atoms with van der Waals surface area (Å²) in [6.07, 6.45) is 50.2. The summed E-state index contributed by atoms with van der Waals surface area (Å²) in [4.78, 5) is 26.0. The van der Waals surface area contributed by atoms with Crippen LogP contribution in [0, 0.1) is 0 Å². The molecule has 6 nitrogen and oxygen atoms in total. The molecule has 0 bridgehead atoms. The monoisotopic (exact) mass is 772 g/mol. The lowest BCUT2D eigenvalue weighted by Crippen LogP contribution is -2.46. The van der Waals surface area contributed by atoms with Crippen molar-refractivity contribution in [1.82, 2.24) is 5.32 Å². The first-order valence-corrected chi connectivity index (χ1v) is 23.4. The highest BCUT2D eigenvalue weighted by Gasteiger charge is 2.24. The number of carbonyl (C=O) groups excluding carboxylic acids is 2. The summed E-state index contributed by atoms with van der Waals surface area (Å²) in [7, 11) is 0. The molecule has 0 aliphatic heterocycles. The Balaban J connectivity index is 4.64. The first-order chi connectivity index (χ1) is 27.0. The zero-order valence-electron chi connectivity index (χ0n) is 36.3. The highest BCUT2D eigenvalue weighted by atomic mass is 16.5. The number of nitrogens with one attached hydrogen (secondary N) is 1. The Kier molecular flexibility index (Phi) is 41.2. The molecule has 0 fully saturated rings. The Labute approximate surface area is 340 Å². The van der Waals surface area contributed by atoms with Gasteiger partial charge in [0, 0.05) is 6.42 Å². The summed E-state index contributed by atoms with van der Waals surface area (Å²) >= 11 is 0. The van der Waals surface area contributed by atoms with Gasteiger partial charge in [-0.05, 0) is 70.6 Å². The van der Waals surface area contributed by atoms with E-state index in [9.17, 15) is 19.8 Å². The minimum atomic E-state index is -0.793. The van der Waals surface area contributed by atoms with Crippen molar-refractivity contribution >= 4 is 11.9 Å². The van der Waals surface area contributed by atoms with Gasteiger partial charge < -0.3 is 20.3 Å². The second-order valence-corrected chi connectivity index (χ2v) is 15.8. The number of unbranched alkanes of at least 4 members (excludes halogenated alkanes) is 23. The minimum absolute atomic E-state index is 0.0606. The number of carbonyl (C=O) groups is 2. The minimum Gasteiger partial charge on any atom is -0.462 e. The average Bonchev–Trinajstić information content (AvgIpc) is 3.18. The van der Waals surface area contributed by atoms with Crippen molar-refractivity contribution in [2.45, 2.75) is 244 Å². The number of amides is 1. The van der Waals surface area contributed by atoms with Crippen molar-refractivity contribution < 1.29 is 24.5 Å². The van der Waals surface area contributed by atoms with Crippen LogP contribution in [0.3, 0.4) is 0 Å². The molecule has 0 aromatic heterocycles. The van der Waals surface area contributed by atoms with E-state index in [-0.39, 0.29) is 24.9 Å².